The first-order valence-electron chi connectivity index (χ1n) is 9.30. The molecule has 4 N–H and O–H groups in total. The van der Waals surface area contributed by atoms with Crippen molar-refractivity contribution in [1.82, 2.24) is 20.6 Å². The van der Waals surface area contributed by atoms with Crippen molar-refractivity contribution in [1.29, 1.82) is 0 Å². The molecular formula is C20H27FN4O3. The Balaban J connectivity index is 1.91. The summed E-state index contributed by atoms with van der Waals surface area (Å²) < 4.78 is 13.2. The predicted octanol–water partition coefficient (Wildman–Crippen LogP) is 1.34. The van der Waals surface area contributed by atoms with Gasteiger partial charge in [-0.3, -0.25) is 9.59 Å². The number of benzene rings is 1. The number of imidazole rings is 1. The third-order valence-corrected chi connectivity index (χ3v) is 4.10. The average molecular weight is 390 g/mol. The Labute approximate surface area is 163 Å². The quantitative estimate of drug-likeness (QED) is 0.491. The van der Waals surface area contributed by atoms with Crippen molar-refractivity contribution in [3.8, 4) is 0 Å². The minimum atomic E-state index is -0.870. The van der Waals surface area contributed by atoms with E-state index in [1.165, 1.54) is 18.5 Å². The van der Waals surface area contributed by atoms with E-state index in [1.54, 1.807) is 18.3 Å². The summed E-state index contributed by atoms with van der Waals surface area (Å²) in [5.41, 5.74) is 1.35. The topological polar surface area (TPSA) is 107 Å². The molecule has 0 bridgehead atoms. The maximum atomic E-state index is 13.2. The van der Waals surface area contributed by atoms with E-state index in [2.05, 4.69) is 20.6 Å². The van der Waals surface area contributed by atoms with Gasteiger partial charge in [0.15, 0.2) is 0 Å². The Morgan fingerprint density at radius 3 is 2.71 bits per heavy atom. The molecule has 1 aromatic heterocycles. The van der Waals surface area contributed by atoms with Crippen LogP contribution in [0.2, 0.25) is 0 Å². The normalized spacial score (nSPS) is 13.2. The highest BCUT2D eigenvalue weighted by Gasteiger charge is 2.22. The summed E-state index contributed by atoms with van der Waals surface area (Å²) in [6.07, 6.45) is 3.01. The van der Waals surface area contributed by atoms with Gasteiger partial charge in [0.25, 0.3) is 0 Å². The fourth-order valence-electron chi connectivity index (χ4n) is 2.80. The highest BCUT2D eigenvalue weighted by molar-refractivity contribution is 5.87. The molecular weight excluding hydrogens is 363 g/mol. The largest absolute Gasteiger partial charge is 0.391 e. The highest BCUT2D eigenvalue weighted by atomic mass is 19.1. The Bertz CT molecular complexity index is 765. The van der Waals surface area contributed by atoms with Crippen LogP contribution in [0.4, 0.5) is 4.39 Å². The van der Waals surface area contributed by atoms with Gasteiger partial charge in [-0.15, -0.1) is 0 Å². The molecule has 28 heavy (non-hydrogen) atoms. The Kier molecular flexibility index (Phi) is 8.13. The molecule has 0 aliphatic heterocycles. The van der Waals surface area contributed by atoms with Gasteiger partial charge in [0.1, 0.15) is 11.9 Å². The number of hydrogen-bond donors (Lipinski definition) is 4. The van der Waals surface area contributed by atoms with Crippen LogP contribution in [-0.4, -0.2) is 45.6 Å². The van der Waals surface area contributed by atoms with Crippen molar-refractivity contribution in [3.63, 3.8) is 0 Å². The van der Waals surface area contributed by atoms with E-state index < -0.39 is 18.1 Å². The van der Waals surface area contributed by atoms with Crippen LogP contribution in [0.1, 0.15) is 31.5 Å². The van der Waals surface area contributed by atoms with Gasteiger partial charge in [0.2, 0.25) is 11.8 Å². The number of aromatic amines is 1. The van der Waals surface area contributed by atoms with Crippen molar-refractivity contribution in [2.45, 2.75) is 45.3 Å². The van der Waals surface area contributed by atoms with Crippen LogP contribution in [0, 0.1) is 11.7 Å². The van der Waals surface area contributed by atoms with E-state index in [0.29, 0.717) is 17.7 Å². The minimum Gasteiger partial charge on any atom is -0.391 e. The molecule has 152 valence electrons. The maximum absolute atomic E-state index is 13.2. The molecule has 8 heteroatoms. The number of rotatable bonds is 10. The average Bonchev–Trinajstić information content (AvgIpc) is 3.11. The van der Waals surface area contributed by atoms with Crippen LogP contribution in [0.3, 0.4) is 0 Å². The SMILES string of the molecule is CC(C)CC(=O)NC(Cc1cnc[nH]1)C(=O)NCC(O)Cc1cccc(F)c1. The smallest absolute Gasteiger partial charge is 0.243 e. The van der Waals surface area contributed by atoms with Crippen molar-refractivity contribution in [2.24, 2.45) is 5.92 Å². The minimum absolute atomic E-state index is 0.00509. The first-order chi connectivity index (χ1) is 13.3. The monoisotopic (exact) mass is 390 g/mol. The lowest BCUT2D eigenvalue weighted by atomic mass is 10.1. The van der Waals surface area contributed by atoms with Crippen molar-refractivity contribution >= 4 is 11.8 Å². The van der Waals surface area contributed by atoms with Crippen LogP contribution in [0.5, 0.6) is 0 Å². The van der Waals surface area contributed by atoms with Gasteiger partial charge in [-0.25, -0.2) is 9.37 Å². The standard InChI is InChI=1S/C20H27FN4O3/c1-13(2)6-19(27)25-18(9-16-10-22-12-24-16)20(28)23-11-17(26)8-14-4-3-5-15(21)7-14/h3-5,7,10,12-13,17-18,26H,6,8-9,11H2,1-2H3,(H,22,24)(H,23,28)(H,25,27). The van der Waals surface area contributed by atoms with Crippen LogP contribution >= 0.6 is 0 Å². The number of amides is 2. The highest BCUT2D eigenvalue weighted by Crippen LogP contribution is 2.07. The molecule has 0 spiro atoms. The van der Waals surface area contributed by atoms with Gasteiger partial charge in [-0.05, 0) is 23.6 Å². The number of aliphatic hydroxyl groups excluding tert-OH is 1. The molecule has 2 atom stereocenters. The van der Waals surface area contributed by atoms with Crippen molar-refractivity contribution < 1.29 is 19.1 Å². The zero-order valence-corrected chi connectivity index (χ0v) is 16.1. The Hall–Kier alpha value is -2.74. The number of carbonyl (C=O) groups excluding carboxylic acids is 2. The lowest BCUT2D eigenvalue weighted by Crippen LogP contribution is -2.49. The Morgan fingerprint density at radius 1 is 1.29 bits per heavy atom. The van der Waals surface area contributed by atoms with Gasteiger partial charge in [0.05, 0.1) is 12.4 Å². The molecule has 0 fully saturated rings. The van der Waals surface area contributed by atoms with Gasteiger partial charge >= 0.3 is 0 Å². The summed E-state index contributed by atoms with van der Waals surface area (Å²) in [5.74, 6) is -0.815. The third kappa shape index (κ3) is 7.48. The van der Waals surface area contributed by atoms with Crippen LogP contribution in [0.25, 0.3) is 0 Å². The van der Waals surface area contributed by atoms with E-state index in [9.17, 15) is 19.1 Å². The molecule has 0 aliphatic carbocycles. The summed E-state index contributed by atoms with van der Waals surface area (Å²) in [7, 11) is 0. The third-order valence-electron chi connectivity index (χ3n) is 4.10. The van der Waals surface area contributed by atoms with Crippen molar-refractivity contribution in [2.75, 3.05) is 6.54 Å². The van der Waals surface area contributed by atoms with Crippen LogP contribution < -0.4 is 10.6 Å². The fourth-order valence-corrected chi connectivity index (χ4v) is 2.80. The maximum Gasteiger partial charge on any atom is 0.243 e. The molecule has 7 nitrogen and oxygen atoms in total. The molecule has 0 saturated carbocycles. The molecule has 0 radical (unpaired) electrons. The summed E-state index contributed by atoms with van der Waals surface area (Å²) >= 11 is 0. The number of hydrogen-bond acceptors (Lipinski definition) is 4. The summed E-state index contributed by atoms with van der Waals surface area (Å²) in [5, 5.41) is 15.5. The predicted molar refractivity (Wildman–Crippen MR) is 103 cm³/mol. The zero-order valence-electron chi connectivity index (χ0n) is 16.1. The van der Waals surface area contributed by atoms with Gasteiger partial charge < -0.3 is 20.7 Å². The molecule has 2 rings (SSSR count). The van der Waals surface area contributed by atoms with Gasteiger partial charge in [0, 0.05) is 37.7 Å². The number of nitrogens with zero attached hydrogens (tertiary/aromatic N) is 1. The summed E-state index contributed by atoms with van der Waals surface area (Å²) in [6, 6.07) is 5.17. The second-order valence-corrected chi connectivity index (χ2v) is 7.23. The Morgan fingerprint density at radius 2 is 2.07 bits per heavy atom. The van der Waals surface area contributed by atoms with Crippen LogP contribution in [-0.2, 0) is 22.4 Å². The van der Waals surface area contributed by atoms with E-state index in [1.807, 2.05) is 13.8 Å². The van der Waals surface area contributed by atoms with E-state index in [-0.39, 0.29) is 37.0 Å². The number of H-pyrrole nitrogens is 1. The van der Waals surface area contributed by atoms with Gasteiger partial charge in [-0.2, -0.15) is 0 Å². The lowest BCUT2D eigenvalue weighted by molar-refractivity contribution is -0.129. The van der Waals surface area contributed by atoms with E-state index in [4.69, 9.17) is 0 Å². The number of aliphatic hydroxyl groups is 1. The second kappa shape index (κ2) is 10.6. The molecule has 1 heterocycles. The van der Waals surface area contributed by atoms with E-state index >= 15 is 0 Å². The number of aromatic nitrogens is 2. The fraction of sp³-hybridized carbons (Fsp3) is 0.450. The van der Waals surface area contributed by atoms with Crippen molar-refractivity contribution in [3.05, 3.63) is 53.9 Å². The molecule has 1 aromatic carbocycles. The molecule has 2 aromatic rings. The van der Waals surface area contributed by atoms with Gasteiger partial charge in [-0.1, -0.05) is 26.0 Å². The molecule has 0 saturated heterocycles. The molecule has 0 aliphatic rings. The van der Waals surface area contributed by atoms with E-state index in [0.717, 1.165) is 0 Å². The first kappa shape index (κ1) is 21.6. The number of halogens is 1. The molecule has 2 unspecified atom stereocenters. The second-order valence-electron chi connectivity index (χ2n) is 7.23. The number of carbonyl (C=O) groups is 2. The summed E-state index contributed by atoms with van der Waals surface area (Å²) in [4.78, 5) is 31.5. The first-order valence-corrected chi connectivity index (χ1v) is 9.30. The zero-order chi connectivity index (χ0) is 20.5. The number of nitrogens with one attached hydrogen (secondary N) is 3. The lowest BCUT2D eigenvalue weighted by Gasteiger charge is -2.20. The summed E-state index contributed by atoms with van der Waals surface area (Å²) in [6.45, 7) is 3.84. The van der Waals surface area contributed by atoms with Crippen LogP contribution in [0.15, 0.2) is 36.8 Å². The molecule has 2 amide bonds.